The van der Waals surface area contributed by atoms with E-state index in [9.17, 15) is 13.2 Å². The summed E-state index contributed by atoms with van der Waals surface area (Å²) in [6.45, 7) is 1.90. The number of carbonyl (C=O) groups is 1. The van der Waals surface area contributed by atoms with Crippen molar-refractivity contribution in [2.24, 2.45) is 5.92 Å². The van der Waals surface area contributed by atoms with E-state index >= 15 is 0 Å². The van der Waals surface area contributed by atoms with Crippen molar-refractivity contribution in [3.63, 3.8) is 0 Å². The Labute approximate surface area is 119 Å². The summed E-state index contributed by atoms with van der Waals surface area (Å²) >= 11 is 0. The van der Waals surface area contributed by atoms with Crippen LogP contribution < -0.4 is 10.0 Å². The average Bonchev–Trinajstić information content (AvgIpc) is 2.24. The molecule has 1 aliphatic carbocycles. The lowest BCUT2D eigenvalue weighted by Crippen LogP contribution is -2.35. The van der Waals surface area contributed by atoms with E-state index in [0.717, 1.165) is 31.1 Å². The van der Waals surface area contributed by atoms with Crippen molar-refractivity contribution in [2.75, 3.05) is 11.0 Å². The molecule has 20 heavy (non-hydrogen) atoms. The lowest BCUT2D eigenvalue weighted by atomic mass is 9.84. The molecule has 0 aromatic heterocycles. The van der Waals surface area contributed by atoms with Crippen molar-refractivity contribution in [1.29, 1.82) is 0 Å². The highest BCUT2D eigenvalue weighted by atomic mass is 32.2. The maximum Gasteiger partial charge on any atom is 0.229 e. The van der Waals surface area contributed by atoms with Crippen LogP contribution in [0.15, 0.2) is 24.3 Å². The number of benzene rings is 1. The minimum atomic E-state index is -3.29. The van der Waals surface area contributed by atoms with Gasteiger partial charge in [0.1, 0.15) is 0 Å². The SMILES string of the molecule is C[C@@H](NC(=O)C1CCC1)c1cccc(NS(C)(=O)=O)c1. The van der Waals surface area contributed by atoms with Crippen LogP contribution in [0.2, 0.25) is 0 Å². The van der Waals surface area contributed by atoms with E-state index in [-0.39, 0.29) is 17.9 Å². The topological polar surface area (TPSA) is 75.3 Å². The Morgan fingerprint density at radius 1 is 1.35 bits per heavy atom. The van der Waals surface area contributed by atoms with E-state index in [0.29, 0.717) is 5.69 Å². The molecule has 0 aliphatic heterocycles. The Kier molecular flexibility index (Phi) is 4.32. The van der Waals surface area contributed by atoms with Gasteiger partial charge in [-0.25, -0.2) is 8.42 Å². The van der Waals surface area contributed by atoms with Crippen LogP contribution in [0.3, 0.4) is 0 Å². The van der Waals surface area contributed by atoms with Crippen molar-refractivity contribution >= 4 is 21.6 Å². The van der Waals surface area contributed by atoms with Gasteiger partial charge in [-0.3, -0.25) is 9.52 Å². The summed E-state index contributed by atoms with van der Waals surface area (Å²) in [5.74, 6) is 0.236. The third-order valence-electron chi connectivity index (χ3n) is 3.52. The van der Waals surface area contributed by atoms with Gasteiger partial charge in [-0.1, -0.05) is 18.6 Å². The highest BCUT2D eigenvalue weighted by Gasteiger charge is 2.26. The van der Waals surface area contributed by atoms with E-state index in [1.54, 1.807) is 18.2 Å². The molecule has 0 saturated heterocycles. The lowest BCUT2D eigenvalue weighted by Gasteiger charge is -2.26. The van der Waals surface area contributed by atoms with Gasteiger partial charge in [0.15, 0.2) is 0 Å². The Bertz CT molecular complexity index is 594. The van der Waals surface area contributed by atoms with Crippen molar-refractivity contribution in [3.05, 3.63) is 29.8 Å². The van der Waals surface area contributed by atoms with E-state index in [4.69, 9.17) is 0 Å². The van der Waals surface area contributed by atoms with Gasteiger partial charge in [0, 0.05) is 11.6 Å². The molecule has 0 heterocycles. The number of sulfonamides is 1. The van der Waals surface area contributed by atoms with Crippen LogP contribution in [0.25, 0.3) is 0 Å². The quantitative estimate of drug-likeness (QED) is 0.873. The first-order chi connectivity index (χ1) is 9.35. The summed E-state index contributed by atoms with van der Waals surface area (Å²) in [5.41, 5.74) is 1.39. The van der Waals surface area contributed by atoms with Gasteiger partial charge in [0.25, 0.3) is 0 Å². The summed E-state index contributed by atoms with van der Waals surface area (Å²) in [6, 6.07) is 6.94. The Balaban J connectivity index is 2.03. The summed E-state index contributed by atoms with van der Waals surface area (Å²) in [4.78, 5) is 11.9. The largest absolute Gasteiger partial charge is 0.349 e. The molecular formula is C14H20N2O3S. The van der Waals surface area contributed by atoms with Crippen LogP contribution in [0, 0.1) is 5.92 Å². The van der Waals surface area contributed by atoms with Gasteiger partial charge in [0.2, 0.25) is 15.9 Å². The molecule has 1 aliphatic rings. The molecule has 2 N–H and O–H groups in total. The third kappa shape index (κ3) is 3.96. The van der Waals surface area contributed by atoms with E-state index in [2.05, 4.69) is 10.0 Å². The molecule has 0 unspecified atom stereocenters. The standard InChI is InChI=1S/C14H20N2O3S/c1-10(15-14(17)11-5-3-6-11)12-7-4-8-13(9-12)16-20(2,18)19/h4,7-11,16H,3,5-6H2,1-2H3,(H,15,17)/t10-/m1/s1. The van der Waals surface area contributed by atoms with Crippen LogP contribution in [-0.4, -0.2) is 20.6 Å². The molecule has 5 nitrogen and oxygen atoms in total. The Morgan fingerprint density at radius 3 is 2.60 bits per heavy atom. The highest BCUT2D eigenvalue weighted by Crippen LogP contribution is 2.27. The average molecular weight is 296 g/mol. The zero-order valence-electron chi connectivity index (χ0n) is 11.7. The van der Waals surface area contributed by atoms with Crippen LogP contribution in [0.5, 0.6) is 0 Å². The van der Waals surface area contributed by atoms with Crippen molar-refractivity contribution in [3.8, 4) is 0 Å². The smallest absolute Gasteiger partial charge is 0.229 e. The van der Waals surface area contributed by atoms with Crippen molar-refractivity contribution in [2.45, 2.75) is 32.2 Å². The second kappa shape index (κ2) is 5.83. The molecule has 0 bridgehead atoms. The molecule has 1 amide bonds. The molecule has 1 fully saturated rings. The summed E-state index contributed by atoms with van der Waals surface area (Å²) in [5, 5.41) is 2.97. The molecule has 0 spiro atoms. The predicted molar refractivity (Wildman–Crippen MR) is 78.8 cm³/mol. The lowest BCUT2D eigenvalue weighted by molar-refractivity contribution is -0.128. The molecular weight excluding hydrogens is 276 g/mol. The minimum Gasteiger partial charge on any atom is -0.349 e. The van der Waals surface area contributed by atoms with E-state index < -0.39 is 10.0 Å². The Hall–Kier alpha value is -1.56. The number of anilines is 1. The highest BCUT2D eigenvalue weighted by molar-refractivity contribution is 7.92. The second-order valence-electron chi connectivity index (χ2n) is 5.36. The summed E-state index contributed by atoms with van der Waals surface area (Å²) < 4.78 is 24.9. The maximum atomic E-state index is 11.9. The first kappa shape index (κ1) is 14.8. The molecule has 1 aromatic rings. The summed E-state index contributed by atoms with van der Waals surface area (Å²) in [6.07, 6.45) is 4.17. The number of carbonyl (C=O) groups excluding carboxylic acids is 1. The monoisotopic (exact) mass is 296 g/mol. The molecule has 6 heteroatoms. The minimum absolute atomic E-state index is 0.0882. The van der Waals surface area contributed by atoms with Crippen LogP contribution in [-0.2, 0) is 14.8 Å². The van der Waals surface area contributed by atoms with Gasteiger partial charge in [-0.15, -0.1) is 0 Å². The van der Waals surface area contributed by atoms with Crippen molar-refractivity contribution < 1.29 is 13.2 Å². The molecule has 110 valence electrons. The zero-order valence-corrected chi connectivity index (χ0v) is 12.5. The van der Waals surface area contributed by atoms with Gasteiger partial charge in [-0.05, 0) is 37.5 Å². The number of nitrogens with one attached hydrogen (secondary N) is 2. The zero-order chi connectivity index (χ0) is 14.8. The number of hydrogen-bond acceptors (Lipinski definition) is 3. The molecule has 0 radical (unpaired) electrons. The second-order valence-corrected chi connectivity index (χ2v) is 7.11. The third-order valence-corrected chi connectivity index (χ3v) is 4.13. The van der Waals surface area contributed by atoms with Gasteiger partial charge < -0.3 is 5.32 Å². The van der Waals surface area contributed by atoms with Crippen LogP contribution in [0.1, 0.15) is 37.8 Å². The fourth-order valence-electron chi connectivity index (χ4n) is 2.17. The summed E-state index contributed by atoms with van der Waals surface area (Å²) in [7, 11) is -3.29. The van der Waals surface area contributed by atoms with E-state index in [1.807, 2.05) is 13.0 Å². The number of rotatable bonds is 5. The first-order valence-electron chi connectivity index (χ1n) is 6.73. The van der Waals surface area contributed by atoms with Gasteiger partial charge >= 0.3 is 0 Å². The molecule has 2 rings (SSSR count). The fraction of sp³-hybridized carbons (Fsp3) is 0.500. The predicted octanol–water partition coefficient (Wildman–Crippen LogP) is 2.04. The van der Waals surface area contributed by atoms with Gasteiger partial charge in [-0.2, -0.15) is 0 Å². The van der Waals surface area contributed by atoms with Gasteiger partial charge in [0.05, 0.1) is 12.3 Å². The van der Waals surface area contributed by atoms with E-state index in [1.165, 1.54) is 0 Å². The number of amides is 1. The van der Waals surface area contributed by atoms with Crippen LogP contribution >= 0.6 is 0 Å². The molecule has 1 atom stereocenters. The molecule has 1 aromatic carbocycles. The first-order valence-corrected chi connectivity index (χ1v) is 8.62. The molecule has 1 saturated carbocycles. The van der Waals surface area contributed by atoms with Crippen molar-refractivity contribution in [1.82, 2.24) is 5.32 Å². The van der Waals surface area contributed by atoms with Crippen LogP contribution in [0.4, 0.5) is 5.69 Å². The fourth-order valence-corrected chi connectivity index (χ4v) is 2.73. The number of hydrogen-bond donors (Lipinski definition) is 2. The maximum absolute atomic E-state index is 11.9. The Morgan fingerprint density at radius 2 is 2.05 bits per heavy atom. The normalized spacial score (nSPS) is 17.1.